The summed E-state index contributed by atoms with van der Waals surface area (Å²) in [5.41, 5.74) is 2.12. The molecular formula is C19H13ClN4O7. The number of ether oxygens (including phenoxy) is 1. The number of nitrogens with one attached hydrogen (secondary N) is 1. The molecule has 0 bridgehead atoms. The zero-order valence-corrected chi connectivity index (χ0v) is 16.3. The summed E-state index contributed by atoms with van der Waals surface area (Å²) >= 11 is 6.08. The van der Waals surface area contributed by atoms with Crippen LogP contribution in [0.3, 0.4) is 0 Å². The third-order valence-electron chi connectivity index (χ3n) is 3.85. The van der Waals surface area contributed by atoms with E-state index >= 15 is 0 Å². The molecule has 0 saturated heterocycles. The van der Waals surface area contributed by atoms with E-state index in [9.17, 15) is 25.0 Å². The van der Waals surface area contributed by atoms with Crippen molar-refractivity contribution in [3.63, 3.8) is 0 Å². The number of halogens is 1. The van der Waals surface area contributed by atoms with E-state index in [1.165, 1.54) is 48.7 Å². The average molecular weight is 445 g/mol. The van der Waals surface area contributed by atoms with Gasteiger partial charge < -0.3 is 9.15 Å². The molecular weight excluding hydrogens is 432 g/mol. The summed E-state index contributed by atoms with van der Waals surface area (Å²) in [5.74, 6) is -0.169. The summed E-state index contributed by atoms with van der Waals surface area (Å²) in [6.45, 7) is -0.491. The number of para-hydroxylation sites is 2. The molecule has 31 heavy (non-hydrogen) atoms. The molecule has 0 aliphatic rings. The third kappa shape index (κ3) is 5.42. The second-order valence-corrected chi connectivity index (χ2v) is 6.34. The molecule has 11 nitrogen and oxygen atoms in total. The van der Waals surface area contributed by atoms with Gasteiger partial charge in [-0.3, -0.25) is 25.0 Å². The fourth-order valence-electron chi connectivity index (χ4n) is 2.46. The quantitative estimate of drug-likeness (QED) is 0.314. The van der Waals surface area contributed by atoms with Gasteiger partial charge in [-0.2, -0.15) is 5.10 Å². The van der Waals surface area contributed by atoms with Gasteiger partial charge in [-0.25, -0.2) is 5.43 Å². The van der Waals surface area contributed by atoms with Crippen molar-refractivity contribution < 1.29 is 23.8 Å². The number of furan rings is 1. The van der Waals surface area contributed by atoms with Crippen LogP contribution in [-0.2, 0) is 4.79 Å². The molecule has 0 saturated carbocycles. The van der Waals surface area contributed by atoms with Gasteiger partial charge >= 0.3 is 5.69 Å². The summed E-state index contributed by atoms with van der Waals surface area (Å²) in [4.78, 5) is 32.5. The highest BCUT2D eigenvalue weighted by Crippen LogP contribution is 2.32. The Bertz CT molecular complexity index is 1180. The van der Waals surface area contributed by atoms with Crippen LogP contribution in [-0.4, -0.2) is 28.6 Å². The molecule has 1 amide bonds. The van der Waals surface area contributed by atoms with Crippen molar-refractivity contribution in [2.24, 2.45) is 5.10 Å². The summed E-state index contributed by atoms with van der Waals surface area (Å²) in [7, 11) is 0. The van der Waals surface area contributed by atoms with Crippen molar-refractivity contribution in [2.45, 2.75) is 0 Å². The molecule has 1 aromatic heterocycles. The Labute approximate surface area is 179 Å². The Hall–Kier alpha value is -4.25. The van der Waals surface area contributed by atoms with Gasteiger partial charge in [0.1, 0.15) is 11.5 Å². The van der Waals surface area contributed by atoms with Crippen LogP contribution in [0.25, 0.3) is 11.3 Å². The number of non-ortho nitro benzene ring substituents is 1. The van der Waals surface area contributed by atoms with Crippen LogP contribution in [0.15, 0.2) is 64.1 Å². The number of nitro groups is 2. The maximum atomic E-state index is 11.8. The van der Waals surface area contributed by atoms with Crippen molar-refractivity contribution in [3.8, 4) is 17.1 Å². The van der Waals surface area contributed by atoms with E-state index in [1.807, 2.05) is 0 Å². The standard InChI is InChI=1S/C19H13ClN4O7/c20-15-7-5-12(23(26)27)9-14(15)17-8-6-13(31-17)10-21-22-19(25)11-30-18-4-2-1-3-16(18)24(28)29/h1-10H,11H2,(H,22,25)/b21-10+. The molecule has 1 heterocycles. The first-order valence-corrected chi connectivity index (χ1v) is 8.95. The topological polar surface area (TPSA) is 150 Å². The average Bonchev–Trinajstić information content (AvgIpc) is 3.21. The molecule has 0 aliphatic carbocycles. The Morgan fingerprint density at radius 2 is 1.90 bits per heavy atom. The third-order valence-corrected chi connectivity index (χ3v) is 4.18. The molecule has 3 aromatic rings. The maximum absolute atomic E-state index is 11.8. The molecule has 0 unspecified atom stereocenters. The summed E-state index contributed by atoms with van der Waals surface area (Å²) in [5, 5.41) is 25.8. The molecule has 0 spiro atoms. The summed E-state index contributed by atoms with van der Waals surface area (Å²) in [6, 6.07) is 12.7. The van der Waals surface area contributed by atoms with Crippen LogP contribution < -0.4 is 10.2 Å². The fourth-order valence-corrected chi connectivity index (χ4v) is 2.67. The maximum Gasteiger partial charge on any atom is 0.310 e. The van der Waals surface area contributed by atoms with Gasteiger partial charge in [0.05, 0.1) is 21.1 Å². The van der Waals surface area contributed by atoms with Gasteiger partial charge in [0, 0.05) is 23.8 Å². The first-order valence-electron chi connectivity index (χ1n) is 8.57. The second-order valence-electron chi connectivity index (χ2n) is 5.93. The van der Waals surface area contributed by atoms with Crippen LogP contribution in [0.2, 0.25) is 5.02 Å². The minimum absolute atomic E-state index is 0.0452. The highest BCUT2D eigenvalue weighted by Gasteiger charge is 2.15. The van der Waals surface area contributed by atoms with Crippen molar-refractivity contribution in [2.75, 3.05) is 6.61 Å². The first kappa shape index (κ1) is 21.5. The lowest BCUT2D eigenvalue weighted by Gasteiger charge is -2.05. The van der Waals surface area contributed by atoms with Crippen LogP contribution in [0.5, 0.6) is 5.75 Å². The number of amides is 1. The van der Waals surface area contributed by atoms with Crippen molar-refractivity contribution >= 4 is 35.1 Å². The number of rotatable bonds is 8. The Balaban J connectivity index is 1.60. The number of hydrazone groups is 1. The van der Waals surface area contributed by atoms with E-state index in [4.69, 9.17) is 20.8 Å². The number of benzene rings is 2. The van der Waals surface area contributed by atoms with E-state index < -0.39 is 22.4 Å². The SMILES string of the molecule is O=C(COc1ccccc1[N+](=O)[O-])N/N=C/c1ccc(-c2cc([N+](=O)[O-])ccc2Cl)o1. The van der Waals surface area contributed by atoms with Crippen LogP contribution in [0.1, 0.15) is 5.76 Å². The first-order chi connectivity index (χ1) is 14.8. The lowest BCUT2D eigenvalue weighted by molar-refractivity contribution is -0.385. The minimum Gasteiger partial charge on any atom is -0.477 e. The number of hydrogen-bond donors (Lipinski definition) is 1. The second kappa shape index (κ2) is 9.50. The van der Waals surface area contributed by atoms with Crippen molar-refractivity contribution in [1.82, 2.24) is 5.43 Å². The molecule has 0 radical (unpaired) electrons. The van der Waals surface area contributed by atoms with Crippen LogP contribution in [0.4, 0.5) is 11.4 Å². The zero-order valence-electron chi connectivity index (χ0n) is 15.6. The molecule has 12 heteroatoms. The van der Waals surface area contributed by atoms with Gasteiger partial charge in [0.25, 0.3) is 11.6 Å². The van der Waals surface area contributed by atoms with E-state index in [1.54, 1.807) is 12.1 Å². The van der Waals surface area contributed by atoms with Crippen molar-refractivity contribution in [1.29, 1.82) is 0 Å². The molecule has 0 fully saturated rings. The van der Waals surface area contributed by atoms with E-state index in [0.29, 0.717) is 5.56 Å². The van der Waals surface area contributed by atoms with Crippen LogP contribution >= 0.6 is 11.6 Å². The molecule has 0 atom stereocenters. The molecule has 158 valence electrons. The number of hydrogen-bond acceptors (Lipinski definition) is 8. The van der Waals surface area contributed by atoms with Crippen molar-refractivity contribution in [3.05, 3.63) is 85.6 Å². The lowest BCUT2D eigenvalue weighted by atomic mass is 10.1. The highest BCUT2D eigenvalue weighted by molar-refractivity contribution is 6.33. The Morgan fingerprint density at radius 3 is 2.65 bits per heavy atom. The van der Waals surface area contributed by atoms with Gasteiger partial charge in [-0.15, -0.1) is 0 Å². The normalized spacial score (nSPS) is 10.7. The monoisotopic (exact) mass is 444 g/mol. The van der Waals surface area contributed by atoms with Gasteiger partial charge in [0.2, 0.25) is 0 Å². The number of carbonyl (C=O) groups is 1. The number of carbonyl (C=O) groups excluding carboxylic acids is 1. The zero-order chi connectivity index (χ0) is 22.4. The largest absolute Gasteiger partial charge is 0.477 e. The summed E-state index contributed by atoms with van der Waals surface area (Å²) in [6.07, 6.45) is 1.21. The van der Waals surface area contributed by atoms with E-state index in [-0.39, 0.29) is 33.7 Å². The Kier molecular flexibility index (Phi) is 6.58. The summed E-state index contributed by atoms with van der Waals surface area (Å²) < 4.78 is 10.7. The predicted molar refractivity (Wildman–Crippen MR) is 110 cm³/mol. The number of nitrogens with zero attached hydrogens (tertiary/aromatic N) is 3. The number of nitro benzene ring substituents is 2. The van der Waals surface area contributed by atoms with Crippen LogP contribution in [0, 0.1) is 20.2 Å². The molecule has 3 rings (SSSR count). The van der Waals surface area contributed by atoms with E-state index in [0.717, 1.165) is 0 Å². The fraction of sp³-hybridized carbons (Fsp3) is 0.0526. The van der Waals surface area contributed by atoms with Gasteiger partial charge in [0.15, 0.2) is 12.4 Å². The highest BCUT2D eigenvalue weighted by atomic mass is 35.5. The predicted octanol–water partition coefficient (Wildman–Crippen LogP) is 3.95. The molecule has 2 aromatic carbocycles. The Morgan fingerprint density at radius 1 is 1.13 bits per heavy atom. The molecule has 1 N–H and O–H groups in total. The molecule has 0 aliphatic heterocycles. The van der Waals surface area contributed by atoms with Gasteiger partial charge in [-0.05, 0) is 24.3 Å². The minimum atomic E-state index is -0.650. The van der Waals surface area contributed by atoms with Gasteiger partial charge in [-0.1, -0.05) is 23.7 Å². The lowest BCUT2D eigenvalue weighted by Crippen LogP contribution is -2.24. The smallest absolute Gasteiger partial charge is 0.310 e. The van der Waals surface area contributed by atoms with E-state index in [2.05, 4.69) is 10.5 Å².